The smallest absolute Gasteiger partial charge is 0.225 e. The van der Waals surface area contributed by atoms with Crippen molar-refractivity contribution in [3.05, 3.63) is 53.6 Å². The van der Waals surface area contributed by atoms with Gasteiger partial charge >= 0.3 is 0 Å². The fourth-order valence-electron chi connectivity index (χ4n) is 4.24. The van der Waals surface area contributed by atoms with E-state index in [0.29, 0.717) is 24.7 Å². The fourth-order valence-corrected chi connectivity index (χ4v) is 4.24. The van der Waals surface area contributed by atoms with Gasteiger partial charge in [0.25, 0.3) is 0 Å². The van der Waals surface area contributed by atoms with Crippen molar-refractivity contribution in [2.24, 2.45) is 0 Å². The van der Waals surface area contributed by atoms with Gasteiger partial charge < -0.3 is 24.3 Å². The lowest BCUT2D eigenvalue weighted by atomic mass is 9.82. The first kappa shape index (κ1) is 19.6. The van der Waals surface area contributed by atoms with Crippen molar-refractivity contribution in [1.29, 1.82) is 0 Å². The zero-order valence-electron chi connectivity index (χ0n) is 16.9. The average Bonchev–Trinajstić information content (AvgIpc) is 2.74. The van der Waals surface area contributed by atoms with Crippen LogP contribution in [0.1, 0.15) is 36.4 Å². The molecule has 2 aliphatic heterocycles. The first-order chi connectivity index (χ1) is 14.1. The highest BCUT2D eigenvalue weighted by Crippen LogP contribution is 2.43. The van der Waals surface area contributed by atoms with Gasteiger partial charge in [-0.1, -0.05) is 18.2 Å². The van der Waals surface area contributed by atoms with Gasteiger partial charge in [-0.15, -0.1) is 0 Å². The standard InChI is InChI=1S/C23H27NO5/c1-26-17-7-8-20(27-2)16(13-17)14-22(25)24-19-15-23(9-11-28-12-10-23)29-21-6-4-3-5-18(19)21/h3-8,13,19H,9-12,14-15H2,1-2H3,(H,24,25)/t19-/m0/s1. The molecule has 154 valence electrons. The van der Waals surface area contributed by atoms with Crippen LogP contribution in [0.25, 0.3) is 0 Å². The highest BCUT2D eigenvalue weighted by Gasteiger charge is 2.42. The van der Waals surface area contributed by atoms with Crippen LogP contribution in [0.4, 0.5) is 0 Å². The van der Waals surface area contributed by atoms with Crippen molar-refractivity contribution >= 4 is 5.91 Å². The summed E-state index contributed by atoms with van der Waals surface area (Å²) in [6.45, 7) is 1.37. The monoisotopic (exact) mass is 397 g/mol. The highest BCUT2D eigenvalue weighted by atomic mass is 16.5. The van der Waals surface area contributed by atoms with Crippen LogP contribution in [0.5, 0.6) is 17.2 Å². The van der Waals surface area contributed by atoms with Crippen molar-refractivity contribution in [3.8, 4) is 17.2 Å². The quantitative estimate of drug-likeness (QED) is 0.837. The van der Waals surface area contributed by atoms with Crippen LogP contribution in [0.3, 0.4) is 0 Å². The van der Waals surface area contributed by atoms with Crippen LogP contribution in [0.2, 0.25) is 0 Å². The maximum Gasteiger partial charge on any atom is 0.225 e. The number of benzene rings is 2. The van der Waals surface area contributed by atoms with Crippen molar-refractivity contribution in [3.63, 3.8) is 0 Å². The van der Waals surface area contributed by atoms with Crippen LogP contribution in [0, 0.1) is 0 Å². The van der Waals surface area contributed by atoms with E-state index < -0.39 is 0 Å². The summed E-state index contributed by atoms with van der Waals surface area (Å²) in [5.74, 6) is 2.17. The van der Waals surface area contributed by atoms with Gasteiger partial charge in [-0.05, 0) is 24.3 Å². The Morgan fingerprint density at radius 2 is 1.93 bits per heavy atom. The summed E-state index contributed by atoms with van der Waals surface area (Å²) >= 11 is 0. The topological polar surface area (TPSA) is 66.0 Å². The zero-order chi connectivity index (χ0) is 20.3. The minimum Gasteiger partial charge on any atom is -0.497 e. The lowest BCUT2D eigenvalue weighted by Crippen LogP contribution is -2.48. The Morgan fingerprint density at radius 3 is 2.69 bits per heavy atom. The molecule has 6 nitrogen and oxygen atoms in total. The summed E-state index contributed by atoms with van der Waals surface area (Å²) in [5, 5.41) is 3.23. The van der Waals surface area contributed by atoms with Crippen molar-refractivity contribution in [2.75, 3.05) is 27.4 Å². The van der Waals surface area contributed by atoms with Gasteiger partial charge in [0.05, 0.1) is 39.9 Å². The van der Waals surface area contributed by atoms with E-state index in [-0.39, 0.29) is 24.0 Å². The number of hydrogen-bond acceptors (Lipinski definition) is 5. The number of nitrogens with one attached hydrogen (secondary N) is 1. The second-order valence-electron chi connectivity index (χ2n) is 7.61. The summed E-state index contributed by atoms with van der Waals surface area (Å²) in [6, 6.07) is 13.4. The maximum atomic E-state index is 13.0. The maximum absolute atomic E-state index is 13.0. The van der Waals surface area contributed by atoms with Gasteiger partial charge in [0, 0.05) is 30.4 Å². The molecule has 2 heterocycles. The summed E-state index contributed by atoms with van der Waals surface area (Å²) in [6.07, 6.45) is 2.62. The van der Waals surface area contributed by atoms with Crippen LogP contribution < -0.4 is 19.5 Å². The Balaban J connectivity index is 1.54. The molecule has 1 spiro atoms. The molecule has 0 bridgehead atoms. The molecule has 0 aliphatic carbocycles. The number of methoxy groups -OCH3 is 2. The predicted molar refractivity (Wildman–Crippen MR) is 109 cm³/mol. The minimum atomic E-state index is -0.280. The third-order valence-corrected chi connectivity index (χ3v) is 5.77. The first-order valence-electron chi connectivity index (χ1n) is 9.98. The second kappa shape index (κ2) is 8.33. The van der Waals surface area contributed by atoms with Crippen molar-refractivity contribution in [1.82, 2.24) is 5.32 Å². The molecule has 0 unspecified atom stereocenters. The van der Waals surface area contributed by atoms with E-state index in [9.17, 15) is 4.79 Å². The Morgan fingerprint density at radius 1 is 1.14 bits per heavy atom. The van der Waals surface area contributed by atoms with Crippen LogP contribution >= 0.6 is 0 Å². The number of carbonyl (C=O) groups excluding carboxylic acids is 1. The zero-order valence-corrected chi connectivity index (χ0v) is 16.9. The van der Waals surface area contributed by atoms with Crippen LogP contribution in [0.15, 0.2) is 42.5 Å². The molecule has 0 aromatic heterocycles. The number of ether oxygens (including phenoxy) is 4. The summed E-state index contributed by atoms with van der Waals surface area (Å²) in [7, 11) is 3.21. The molecule has 2 aromatic carbocycles. The summed E-state index contributed by atoms with van der Waals surface area (Å²) < 4.78 is 22.6. The summed E-state index contributed by atoms with van der Waals surface area (Å²) in [4.78, 5) is 13.0. The number of para-hydroxylation sites is 1. The first-order valence-corrected chi connectivity index (χ1v) is 9.98. The number of carbonyl (C=O) groups is 1. The average molecular weight is 397 g/mol. The Kier molecular flexibility index (Phi) is 5.62. The molecule has 1 saturated heterocycles. The largest absolute Gasteiger partial charge is 0.497 e. The number of rotatable bonds is 5. The molecule has 1 N–H and O–H groups in total. The Labute approximate surface area is 171 Å². The van der Waals surface area contributed by atoms with E-state index in [1.165, 1.54) is 0 Å². The van der Waals surface area contributed by atoms with Gasteiger partial charge in [-0.3, -0.25) is 4.79 Å². The normalized spacial score (nSPS) is 19.7. The Hall–Kier alpha value is -2.73. The van der Waals surface area contributed by atoms with E-state index in [2.05, 4.69) is 5.32 Å². The van der Waals surface area contributed by atoms with Crippen molar-refractivity contribution < 1.29 is 23.7 Å². The van der Waals surface area contributed by atoms with Crippen LogP contribution in [-0.4, -0.2) is 38.9 Å². The number of amides is 1. The van der Waals surface area contributed by atoms with Gasteiger partial charge in [0.1, 0.15) is 22.8 Å². The highest BCUT2D eigenvalue weighted by molar-refractivity contribution is 5.80. The number of hydrogen-bond donors (Lipinski definition) is 1. The molecule has 1 amide bonds. The van der Waals surface area contributed by atoms with E-state index in [1.807, 2.05) is 42.5 Å². The SMILES string of the molecule is COc1ccc(OC)c(CC(=O)N[C@H]2CC3(CCOCC3)Oc3ccccc32)c1. The molecule has 4 rings (SSSR count). The lowest BCUT2D eigenvalue weighted by Gasteiger charge is -2.44. The molecule has 0 radical (unpaired) electrons. The predicted octanol–water partition coefficient (Wildman–Crippen LogP) is 3.44. The second-order valence-corrected chi connectivity index (χ2v) is 7.61. The van der Waals surface area contributed by atoms with Crippen molar-refractivity contribution in [2.45, 2.75) is 37.3 Å². The van der Waals surface area contributed by atoms with E-state index in [1.54, 1.807) is 14.2 Å². The van der Waals surface area contributed by atoms with Gasteiger partial charge in [-0.25, -0.2) is 0 Å². The molecule has 2 aliphatic rings. The minimum absolute atomic E-state index is 0.0551. The summed E-state index contributed by atoms with van der Waals surface area (Å²) in [5.41, 5.74) is 1.54. The van der Waals surface area contributed by atoms with Gasteiger partial charge in [-0.2, -0.15) is 0 Å². The molecule has 6 heteroatoms. The lowest BCUT2D eigenvalue weighted by molar-refractivity contribution is -0.122. The Bertz CT molecular complexity index is 875. The fraction of sp³-hybridized carbons (Fsp3) is 0.435. The molecular weight excluding hydrogens is 370 g/mol. The van der Waals surface area contributed by atoms with E-state index in [0.717, 1.165) is 36.1 Å². The van der Waals surface area contributed by atoms with Gasteiger partial charge in [0.2, 0.25) is 5.91 Å². The third-order valence-electron chi connectivity index (χ3n) is 5.77. The molecule has 0 saturated carbocycles. The number of fused-ring (bicyclic) bond motifs is 1. The molecule has 2 aromatic rings. The van der Waals surface area contributed by atoms with Gasteiger partial charge in [0.15, 0.2) is 0 Å². The molecule has 29 heavy (non-hydrogen) atoms. The molecular formula is C23H27NO5. The van der Waals surface area contributed by atoms with Crippen LogP contribution in [-0.2, 0) is 16.0 Å². The van der Waals surface area contributed by atoms with E-state index >= 15 is 0 Å². The third kappa shape index (κ3) is 4.17. The molecule has 1 atom stereocenters. The van der Waals surface area contributed by atoms with E-state index in [4.69, 9.17) is 18.9 Å². The molecule has 1 fully saturated rings.